The third-order valence-corrected chi connectivity index (χ3v) is 3.59. The van der Waals surface area contributed by atoms with Gasteiger partial charge in [0.1, 0.15) is 0 Å². The maximum absolute atomic E-state index is 11.7. The topological polar surface area (TPSA) is 84.5 Å². The van der Waals surface area contributed by atoms with E-state index in [1.54, 1.807) is 12.1 Å². The highest BCUT2D eigenvalue weighted by Gasteiger charge is 2.10. The van der Waals surface area contributed by atoms with Crippen LogP contribution in [0.1, 0.15) is 24.0 Å². The fourth-order valence-electron chi connectivity index (χ4n) is 2.15. The number of rotatable bonds is 8. The van der Waals surface area contributed by atoms with Gasteiger partial charge in [0.2, 0.25) is 5.91 Å². The molecule has 0 spiro atoms. The molecule has 0 saturated heterocycles. The Balaban J connectivity index is 1.61. The van der Waals surface area contributed by atoms with Gasteiger partial charge in [-0.2, -0.15) is 0 Å². The molecule has 2 amide bonds. The lowest BCUT2D eigenvalue weighted by Crippen LogP contribution is -2.25. The lowest BCUT2D eigenvalue weighted by Gasteiger charge is -2.07. The van der Waals surface area contributed by atoms with E-state index in [1.165, 1.54) is 0 Å². The number of benzene rings is 2. The Hall–Kier alpha value is -3.15. The average Bonchev–Trinajstić information content (AvgIpc) is 2.65. The predicted molar refractivity (Wildman–Crippen MR) is 98.3 cm³/mol. The molecule has 0 saturated carbocycles. The zero-order valence-corrected chi connectivity index (χ0v) is 14.7. The Morgan fingerprint density at radius 3 is 2.27 bits per heavy atom. The molecule has 2 rings (SSSR count). The number of ether oxygens (including phenoxy) is 1. The van der Waals surface area contributed by atoms with Gasteiger partial charge in [-0.3, -0.25) is 14.4 Å². The van der Waals surface area contributed by atoms with Gasteiger partial charge in [-0.05, 0) is 24.6 Å². The van der Waals surface area contributed by atoms with Gasteiger partial charge in [0.15, 0.2) is 6.61 Å². The molecule has 0 aromatic heterocycles. The molecular formula is C20H22N2O4. The molecule has 0 aliphatic carbocycles. The second kappa shape index (κ2) is 9.98. The first-order chi connectivity index (χ1) is 12.5. The van der Waals surface area contributed by atoms with Crippen molar-refractivity contribution in [1.29, 1.82) is 0 Å². The minimum absolute atomic E-state index is 0.0191. The van der Waals surface area contributed by atoms with Gasteiger partial charge in [0, 0.05) is 18.7 Å². The summed E-state index contributed by atoms with van der Waals surface area (Å²) < 4.78 is 4.88. The van der Waals surface area contributed by atoms with Crippen LogP contribution < -0.4 is 10.6 Å². The molecule has 0 unspecified atom stereocenters. The summed E-state index contributed by atoms with van der Waals surface area (Å²) in [5.41, 5.74) is 2.70. The molecule has 0 fully saturated rings. The first-order valence-electron chi connectivity index (χ1n) is 8.35. The van der Waals surface area contributed by atoms with Crippen LogP contribution in [0.3, 0.4) is 0 Å². The summed E-state index contributed by atoms with van der Waals surface area (Å²) in [7, 11) is 0. The maximum atomic E-state index is 11.7. The summed E-state index contributed by atoms with van der Waals surface area (Å²) >= 11 is 0. The fourth-order valence-corrected chi connectivity index (χ4v) is 2.15. The third kappa shape index (κ3) is 7.17. The van der Waals surface area contributed by atoms with E-state index < -0.39 is 11.9 Å². The van der Waals surface area contributed by atoms with Crippen molar-refractivity contribution in [3.05, 3.63) is 65.7 Å². The first-order valence-corrected chi connectivity index (χ1v) is 8.35. The van der Waals surface area contributed by atoms with Crippen LogP contribution in [0, 0.1) is 6.92 Å². The highest BCUT2D eigenvalue weighted by Crippen LogP contribution is 2.08. The van der Waals surface area contributed by atoms with Crippen LogP contribution in [-0.2, 0) is 25.7 Å². The molecular weight excluding hydrogens is 332 g/mol. The van der Waals surface area contributed by atoms with Crippen molar-refractivity contribution in [3.63, 3.8) is 0 Å². The normalized spacial score (nSPS) is 10.0. The van der Waals surface area contributed by atoms with Gasteiger partial charge in [0.05, 0.1) is 6.42 Å². The molecule has 2 aromatic carbocycles. The van der Waals surface area contributed by atoms with Crippen LogP contribution in [0.2, 0.25) is 0 Å². The van der Waals surface area contributed by atoms with E-state index in [0.717, 1.165) is 11.1 Å². The van der Waals surface area contributed by atoms with E-state index >= 15 is 0 Å². The lowest BCUT2D eigenvalue weighted by molar-refractivity contribution is -0.148. The second-order valence-electron chi connectivity index (χ2n) is 5.84. The summed E-state index contributed by atoms with van der Waals surface area (Å²) in [6, 6.07) is 16.8. The first kappa shape index (κ1) is 19.2. The minimum Gasteiger partial charge on any atom is -0.456 e. The highest BCUT2D eigenvalue weighted by atomic mass is 16.5. The van der Waals surface area contributed by atoms with Crippen molar-refractivity contribution in [2.45, 2.75) is 26.3 Å². The Morgan fingerprint density at radius 1 is 0.885 bits per heavy atom. The van der Waals surface area contributed by atoms with Gasteiger partial charge in [-0.15, -0.1) is 0 Å². The van der Waals surface area contributed by atoms with E-state index in [-0.39, 0.29) is 25.4 Å². The van der Waals surface area contributed by atoms with Gasteiger partial charge in [0.25, 0.3) is 5.91 Å². The van der Waals surface area contributed by atoms with Crippen molar-refractivity contribution in [2.24, 2.45) is 0 Å². The number of carbonyl (C=O) groups is 3. The zero-order valence-electron chi connectivity index (χ0n) is 14.7. The Morgan fingerprint density at radius 2 is 1.58 bits per heavy atom. The molecule has 0 bridgehead atoms. The van der Waals surface area contributed by atoms with Crippen molar-refractivity contribution in [3.8, 4) is 0 Å². The molecule has 0 heterocycles. The number of amides is 2. The van der Waals surface area contributed by atoms with E-state index in [0.29, 0.717) is 12.2 Å². The number of hydrogen-bond donors (Lipinski definition) is 2. The third-order valence-electron chi connectivity index (χ3n) is 3.59. The SMILES string of the molecule is Cc1ccc(NC(=O)COC(=O)CCC(=O)NCc2ccccc2)cc1. The average molecular weight is 354 g/mol. The summed E-state index contributed by atoms with van der Waals surface area (Å²) in [6.07, 6.45) is -0.0519. The Bertz CT molecular complexity index is 742. The predicted octanol–water partition coefficient (Wildman–Crippen LogP) is 2.57. The van der Waals surface area contributed by atoms with Crippen LogP contribution in [0.25, 0.3) is 0 Å². The number of aryl methyl sites for hydroxylation is 1. The molecule has 0 radical (unpaired) electrons. The minimum atomic E-state index is -0.584. The molecule has 0 aliphatic heterocycles. The fraction of sp³-hybridized carbons (Fsp3) is 0.250. The number of nitrogens with one attached hydrogen (secondary N) is 2. The Labute approximate surface area is 152 Å². The quantitative estimate of drug-likeness (QED) is 0.714. The largest absolute Gasteiger partial charge is 0.456 e. The summed E-state index contributed by atoms with van der Waals surface area (Å²) in [6.45, 7) is 1.98. The van der Waals surface area contributed by atoms with E-state index in [4.69, 9.17) is 4.74 Å². The summed E-state index contributed by atoms with van der Waals surface area (Å²) in [5, 5.41) is 5.36. The van der Waals surface area contributed by atoms with Crippen LogP contribution in [0.15, 0.2) is 54.6 Å². The van der Waals surface area contributed by atoms with Crippen molar-refractivity contribution in [2.75, 3.05) is 11.9 Å². The van der Waals surface area contributed by atoms with Gasteiger partial charge in [-0.25, -0.2) is 0 Å². The smallest absolute Gasteiger partial charge is 0.306 e. The second-order valence-corrected chi connectivity index (χ2v) is 5.84. The molecule has 6 heteroatoms. The number of hydrogen-bond acceptors (Lipinski definition) is 4. The summed E-state index contributed by atoms with van der Waals surface area (Å²) in [4.78, 5) is 35.1. The molecule has 2 aromatic rings. The summed E-state index contributed by atoms with van der Waals surface area (Å²) in [5.74, 6) is -1.25. The molecule has 2 N–H and O–H groups in total. The molecule has 0 aliphatic rings. The van der Waals surface area contributed by atoms with Gasteiger partial charge in [-0.1, -0.05) is 48.0 Å². The van der Waals surface area contributed by atoms with Crippen LogP contribution in [0.5, 0.6) is 0 Å². The van der Waals surface area contributed by atoms with E-state index in [9.17, 15) is 14.4 Å². The van der Waals surface area contributed by atoms with Crippen LogP contribution in [0.4, 0.5) is 5.69 Å². The lowest BCUT2D eigenvalue weighted by atomic mass is 10.2. The Kier molecular flexibility index (Phi) is 7.36. The number of anilines is 1. The van der Waals surface area contributed by atoms with E-state index in [1.807, 2.05) is 49.4 Å². The molecule has 26 heavy (non-hydrogen) atoms. The highest BCUT2D eigenvalue weighted by molar-refractivity contribution is 5.93. The van der Waals surface area contributed by atoms with Crippen LogP contribution >= 0.6 is 0 Å². The van der Waals surface area contributed by atoms with Crippen LogP contribution in [-0.4, -0.2) is 24.4 Å². The molecule has 0 atom stereocenters. The zero-order chi connectivity index (χ0) is 18.8. The van der Waals surface area contributed by atoms with Gasteiger partial charge < -0.3 is 15.4 Å². The molecule has 6 nitrogen and oxygen atoms in total. The number of esters is 1. The number of carbonyl (C=O) groups excluding carboxylic acids is 3. The van der Waals surface area contributed by atoms with Crippen molar-refractivity contribution >= 4 is 23.5 Å². The van der Waals surface area contributed by atoms with Crippen molar-refractivity contribution < 1.29 is 19.1 Å². The van der Waals surface area contributed by atoms with E-state index in [2.05, 4.69) is 10.6 Å². The molecule has 136 valence electrons. The monoisotopic (exact) mass is 354 g/mol. The standard InChI is InChI=1S/C20H22N2O4/c1-15-7-9-17(10-8-15)22-19(24)14-26-20(25)12-11-18(23)21-13-16-5-3-2-4-6-16/h2-10H,11-14H2,1H3,(H,21,23)(H,22,24). The maximum Gasteiger partial charge on any atom is 0.306 e. The van der Waals surface area contributed by atoms with Crippen molar-refractivity contribution in [1.82, 2.24) is 5.32 Å². The van der Waals surface area contributed by atoms with Gasteiger partial charge >= 0.3 is 5.97 Å².